The van der Waals surface area contributed by atoms with Gasteiger partial charge in [0, 0.05) is 16.2 Å². The molecule has 0 saturated heterocycles. The molecule has 0 aliphatic rings. The zero-order valence-electron chi connectivity index (χ0n) is 10.8. The van der Waals surface area contributed by atoms with Crippen LogP contribution in [0, 0.1) is 0 Å². The van der Waals surface area contributed by atoms with Gasteiger partial charge in [0.1, 0.15) is 0 Å². The number of carbonyl (C=O) groups excluding carboxylic acids is 1. The molecule has 1 aromatic heterocycles. The number of pyridine rings is 1. The van der Waals surface area contributed by atoms with Crippen LogP contribution in [0.25, 0.3) is 10.8 Å². The van der Waals surface area contributed by atoms with E-state index in [1.165, 1.54) is 0 Å². The van der Waals surface area contributed by atoms with Crippen molar-refractivity contribution >= 4 is 49.9 Å². The Labute approximate surface area is 135 Å². The number of fused-ring (bicyclic) bond motifs is 1. The zero-order chi connectivity index (χ0) is 14.8. The molecule has 3 rings (SSSR count). The first-order chi connectivity index (χ1) is 10.1. The van der Waals surface area contributed by atoms with Gasteiger partial charge in [-0.25, -0.2) is 4.98 Å². The minimum atomic E-state index is -0.214. The average molecular weight is 362 g/mol. The lowest BCUT2D eigenvalue weighted by Gasteiger charge is -2.09. The van der Waals surface area contributed by atoms with Crippen LogP contribution in [0.15, 0.2) is 59.2 Å². The van der Waals surface area contributed by atoms with Crippen LogP contribution in [0.5, 0.6) is 0 Å². The smallest absolute Gasteiger partial charge is 0.256 e. The highest BCUT2D eigenvalue weighted by Gasteiger charge is 2.12. The molecule has 21 heavy (non-hydrogen) atoms. The van der Waals surface area contributed by atoms with E-state index in [9.17, 15) is 4.79 Å². The third kappa shape index (κ3) is 2.91. The van der Waals surface area contributed by atoms with Crippen LogP contribution in [0.3, 0.4) is 0 Å². The van der Waals surface area contributed by atoms with Crippen LogP contribution in [0.4, 0.5) is 5.69 Å². The molecule has 1 N–H and O–H groups in total. The minimum Gasteiger partial charge on any atom is -0.319 e. The van der Waals surface area contributed by atoms with Crippen LogP contribution in [-0.4, -0.2) is 10.9 Å². The fourth-order valence-corrected chi connectivity index (χ4v) is 2.61. The molecule has 0 radical (unpaired) electrons. The number of nitrogens with zero attached hydrogens (tertiary/aromatic N) is 1. The molecular formula is C16H10BrClN2O. The van der Waals surface area contributed by atoms with E-state index in [-0.39, 0.29) is 11.1 Å². The number of benzene rings is 2. The largest absolute Gasteiger partial charge is 0.319 e. The Kier molecular flexibility index (Phi) is 3.90. The van der Waals surface area contributed by atoms with E-state index < -0.39 is 0 Å². The second-order valence-electron chi connectivity index (χ2n) is 4.47. The molecule has 3 nitrogen and oxygen atoms in total. The molecule has 3 aromatic rings. The maximum Gasteiger partial charge on any atom is 0.256 e. The summed E-state index contributed by atoms with van der Waals surface area (Å²) in [6.07, 6.45) is 1.58. The average Bonchev–Trinajstić information content (AvgIpc) is 2.50. The van der Waals surface area contributed by atoms with Crippen LogP contribution in [0.1, 0.15) is 10.4 Å². The van der Waals surface area contributed by atoms with Crippen molar-refractivity contribution in [2.75, 3.05) is 5.32 Å². The van der Waals surface area contributed by atoms with Crippen molar-refractivity contribution in [2.45, 2.75) is 0 Å². The van der Waals surface area contributed by atoms with Crippen LogP contribution >= 0.6 is 27.5 Å². The topological polar surface area (TPSA) is 42.0 Å². The van der Waals surface area contributed by atoms with Crippen LogP contribution < -0.4 is 5.32 Å². The van der Waals surface area contributed by atoms with Gasteiger partial charge in [-0.1, -0.05) is 48.0 Å². The second-order valence-corrected chi connectivity index (χ2v) is 5.75. The van der Waals surface area contributed by atoms with Gasteiger partial charge < -0.3 is 5.32 Å². The quantitative estimate of drug-likeness (QED) is 0.659. The van der Waals surface area contributed by atoms with Gasteiger partial charge in [0.05, 0.1) is 5.69 Å². The molecule has 104 valence electrons. The number of amides is 1. The number of hydrogen-bond acceptors (Lipinski definition) is 2. The number of halogens is 2. The normalized spacial score (nSPS) is 10.6. The Morgan fingerprint density at radius 2 is 1.90 bits per heavy atom. The van der Waals surface area contributed by atoms with Crippen molar-refractivity contribution in [3.63, 3.8) is 0 Å². The molecule has 5 heteroatoms. The third-order valence-electron chi connectivity index (χ3n) is 3.09. The molecule has 0 fully saturated rings. The summed E-state index contributed by atoms with van der Waals surface area (Å²) in [5, 5.41) is 4.97. The van der Waals surface area contributed by atoms with Gasteiger partial charge in [0.25, 0.3) is 5.91 Å². The Morgan fingerprint density at radius 1 is 1.14 bits per heavy atom. The minimum absolute atomic E-state index is 0.214. The third-order valence-corrected chi connectivity index (χ3v) is 3.82. The summed E-state index contributed by atoms with van der Waals surface area (Å²) in [4.78, 5) is 16.5. The van der Waals surface area contributed by atoms with Crippen LogP contribution in [0.2, 0.25) is 5.15 Å². The van der Waals surface area contributed by atoms with Crippen LogP contribution in [-0.2, 0) is 0 Å². The molecule has 0 atom stereocenters. The highest BCUT2D eigenvalue weighted by atomic mass is 79.9. The second kappa shape index (κ2) is 5.84. The molecule has 0 saturated carbocycles. The lowest BCUT2D eigenvalue weighted by molar-refractivity contribution is 0.102. The summed E-state index contributed by atoms with van der Waals surface area (Å²) >= 11 is 9.31. The summed E-state index contributed by atoms with van der Waals surface area (Å²) in [5.74, 6) is -0.214. The Morgan fingerprint density at radius 3 is 2.76 bits per heavy atom. The lowest BCUT2D eigenvalue weighted by atomic mass is 10.0. The molecule has 0 spiro atoms. The highest BCUT2D eigenvalue weighted by Crippen LogP contribution is 2.25. The van der Waals surface area contributed by atoms with Gasteiger partial charge in [-0.05, 0) is 38.8 Å². The first-order valence-corrected chi connectivity index (χ1v) is 7.42. The molecule has 0 bridgehead atoms. The zero-order valence-corrected chi connectivity index (χ0v) is 13.1. The van der Waals surface area contributed by atoms with Gasteiger partial charge in [0.2, 0.25) is 0 Å². The highest BCUT2D eigenvalue weighted by molar-refractivity contribution is 9.10. The van der Waals surface area contributed by atoms with E-state index in [0.717, 1.165) is 15.2 Å². The number of hydrogen-bond donors (Lipinski definition) is 1. The lowest BCUT2D eigenvalue weighted by Crippen LogP contribution is -2.13. The van der Waals surface area contributed by atoms with E-state index in [2.05, 4.69) is 26.2 Å². The van der Waals surface area contributed by atoms with E-state index in [4.69, 9.17) is 11.6 Å². The molecular weight excluding hydrogens is 352 g/mol. The number of anilines is 1. The molecule has 0 aliphatic carbocycles. The summed E-state index contributed by atoms with van der Waals surface area (Å²) in [6, 6.07) is 15.1. The van der Waals surface area contributed by atoms with Gasteiger partial charge in [-0.15, -0.1) is 0 Å². The summed E-state index contributed by atoms with van der Waals surface area (Å²) in [5.41, 5.74) is 1.08. The molecule has 0 unspecified atom stereocenters. The standard InChI is InChI=1S/C16H10BrClN2O/c17-11-8-14(15(18)19-9-11)20-16(21)13-7-3-5-10-4-1-2-6-12(10)13/h1-9H,(H,20,21). The predicted octanol–water partition coefficient (Wildman–Crippen LogP) is 4.90. The number of carbonyl (C=O) groups is 1. The van der Waals surface area contributed by atoms with Gasteiger partial charge in [-0.2, -0.15) is 0 Å². The number of nitrogens with one attached hydrogen (secondary N) is 1. The van der Waals surface area contributed by atoms with Crippen molar-refractivity contribution < 1.29 is 4.79 Å². The maximum absolute atomic E-state index is 12.5. The molecule has 0 aliphatic heterocycles. The van der Waals surface area contributed by atoms with Gasteiger partial charge in [-0.3, -0.25) is 4.79 Å². The first-order valence-electron chi connectivity index (χ1n) is 6.25. The SMILES string of the molecule is O=C(Nc1cc(Br)cnc1Cl)c1cccc2ccccc12. The Hall–Kier alpha value is -1.91. The molecule has 2 aromatic carbocycles. The fourth-order valence-electron chi connectivity index (χ4n) is 2.12. The van der Waals surface area contributed by atoms with Crippen molar-refractivity contribution in [3.05, 3.63) is 69.9 Å². The van der Waals surface area contributed by atoms with E-state index >= 15 is 0 Å². The summed E-state index contributed by atoms with van der Waals surface area (Å²) in [7, 11) is 0. The maximum atomic E-state index is 12.5. The van der Waals surface area contributed by atoms with E-state index in [1.54, 1.807) is 18.3 Å². The van der Waals surface area contributed by atoms with Crippen molar-refractivity contribution in [2.24, 2.45) is 0 Å². The monoisotopic (exact) mass is 360 g/mol. The van der Waals surface area contributed by atoms with Crippen molar-refractivity contribution in [3.8, 4) is 0 Å². The van der Waals surface area contributed by atoms with Gasteiger partial charge >= 0.3 is 0 Å². The number of rotatable bonds is 2. The predicted molar refractivity (Wildman–Crippen MR) is 88.8 cm³/mol. The van der Waals surface area contributed by atoms with Gasteiger partial charge in [0.15, 0.2) is 5.15 Å². The Bertz CT molecular complexity index is 830. The van der Waals surface area contributed by atoms with E-state index in [1.807, 2.05) is 36.4 Å². The van der Waals surface area contributed by atoms with Crippen molar-refractivity contribution in [1.82, 2.24) is 4.98 Å². The van der Waals surface area contributed by atoms with Crippen molar-refractivity contribution in [1.29, 1.82) is 0 Å². The fraction of sp³-hybridized carbons (Fsp3) is 0. The number of aromatic nitrogens is 1. The Balaban J connectivity index is 1.99. The van der Waals surface area contributed by atoms with E-state index in [0.29, 0.717) is 11.3 Å². The molecule has 1 heterocycles. The summed E-state index contributed by atoms with van der Waals surface area (Å²) in [6.45, 7) is 0. The molecule has 1 amide bonds. The first kappa shape index (κ1) is 14.0. The summed E-state index contributed by atoms with van der Waals surface area (Å²) < 4.78 is 0.750.